The molecule has 1 aromatic carbocycles. The topological polar surface area (TPSA) is 51.7 Å². The summed E-state index contributed by atoms with van der Waals surface area (Å²) in [5, 5.41) is 3.35. The number of anilines is 2. The Kier molecular flexibility index (Phi) is 4.93. The van der Waals surface area contributed by atoms with Gasteiger partial charge in [-0.2, -0.15) is 0 Å². The van der Waals surface area contributed by atoms with Crippen LogP contribution in [0.15, 0.2) is 42.6 Å². The third-order valence-corrected chi connectivity index (χ3v) is 7.75. The zero-order valence-corrected chi connectivity index (χ0v) is 18.9. The molecule has 2 aliphatic heterocycles. The van der Waals surface area contributed by atoms with E-state index in [0.29, 0.717) is 6.54 Å². The smallest absolute Gasteiger partial charge is 0.322 e. The molecule has 1 saturated carbocycles. The zero-order chi connectivity index (χ0) is 21.6. The van der Waals surface area contributed by atoms with Gasteiger partial charge in [0, 0.05) is 18.6 Å². The summed E-state index contributed by atoms with van der Waals surface area (Å²) in [4.78, 5) is 24.0. The van der Waals surface area contributed by atoms with E-state index in [1.54, 1.807) is 0 Å². The summed E-state index contributed by atoms with van der Waals surface area (Å²) in [6.07, 6.45) is 7.10. The van der Waals surface area contributed by atoms with Crippen LogP contribution in [0, 0.1) is 6.92 Å². The van der Waals surface area contributed by atoms with E-state index in [1.807, 2.05) is 23.2 Å². The number of urea groups is 1. The number of aryl methyl sites for hydroxylation is 1. The van der Waals surface area contributed by atoms with Gasteiger partial charge in [0.15, 0.2) is 0 Å². The van der Waals surface area contributed by atoms with Crippen molar-refractivity contribution in [1.29, 1.82) is 0 Å². The van der Waals surface area contributed by atoms with Gasteiger partial charge < -0.3 is 10.2 Å². The molecule has 1 aromatic heterocycles. The largest absolute Gasteiger partial charge is 0.356 e. The monoisotopic (exact) mass is 419 g/mol. The molecule has 3 fully saturated rings. The van der Waals surface area contributed by atoms with Crippen LogP contribution in [0.3, 0.4) is 0 Å². The minimum atomic E-state index is -0.156. The van der Waals surface area contributed by atoms with Gasteiger partial charge in [0.2, 0.25) is 0 Å². The molecule has 0 radical (unpaired) electrons. The first-order valence-electron chi connectivity index (χ1n) is 11.5. The summed E-state index contributed by atoms with van der Waals surface area (Å²) < 4.78 is 0. The minimum absolute atomic E-state index is 0.00593. The minimum Gasteiger partial charge on any atom is -0.356 e. The third-order valence-electron chi connectivity index (χ3n) is 7.75. The van der Waals surface area contributed by atoms with Gasteiger partial charge >= 0.3 is 6.03 Å². The summed E-state index contributed by atoms with van der Waals surface area (Å²) in [5.74, 6) is 1.01. The summed E-state index contributed by atoms with van der Waals surface area (Å²) in [7, 11) is 4.37. The highest BCUT2D eigenvalue weighted by atomic mass is 16.2. The van der Waals surface area contributed by atoms with E-state index in [9.17, 15) is 4.79 Å². The normalized spacial score (nSPS) is 28.2. The number of hydrogen-bond donors (Lipinski definition) is 1. The van der Waals surface area contributed by atoms with Crippen LogP contribution >= 0.6 is 0 Å². The number of nitrogens with one attached hydrogen (secondary N) is 1. The number of nitrogens with zero attached hydrogens (tertiary/aromatic N) is 4. The molecule has 164 valence electrons. The van der Waals surface area contributed by atoms with Gasteiger partial charge in [-0.05, 0) is 70.8 Å². The Hall–Kier alpha value is -2.60. The van der Waals surface area contributed by atoms with Crippen LogP contribution in [-0.4, -0.2) is 55.2 Å². The lowest BCUT2D eigenvalue weighted by molar-refractivity contribution is 0.0657. The van der Waals surface area contributed by atoms with Crippen molar-refractivity contribution in [2.24, 2.45) is 0 Å². The number of hydrogen-bond acceptors (Lipinski definition) is 4. The fourth-order valence-corrected chi connectivity index (χ4v) is 5.54. The van der Waals surface area contributed by atoms with Crippen molar-refractivity contribution in [2.75, 3.05) is 43.5 Å². The van der Waals surface area contributed by atoms with E-state index >= 15 is 0 Å². The van der Waals surface area contributed by atoms with Crippen molar-refractivity contribution < 1.29 is 4.79 Å². The number of aromatic nitrogens is 1. The van der Waals surface area contributed by atoms with Crippen molar-refractivity contribution in [2.45, 2.75) is 50.1 Å². The van der Waals surface area contributed by atoms with Crippen molar-refractivity contribution in [1.82, 2.24) is 15.2 Å². The third kappa shape index (κ3) is 3.47. The van der Waals surface area contributed by atoms with Crippen LogP contribution in [0.4, 0.5) is 16.3 Å². The molecular weight excluding hydrogens is 386 g/mol. The molecular formula is C25H33N5O. The van der Waals surface area contributed by atoms with Gasteiger partial charge in [0.1, 0.15) is 5.82 Å². The molecule has 2 amide bonds. The molecule has 0 unspecified atom stereocenters. The van der Waals surface area contributed by atoms with E-state index < -0.39 is 0 Å². The molecule has 1 N–H and O–H groups in total. The van der Waals surface area contributed by atoms with Gasteiger partial charge in [0.05, 0.1) is 24.0 Å². The molecule has 6 heteroatoms. The van der Waals surface area contributed by atoms with Gasteiger partial charge in [-0.1, -0.05) is 29.8 Å². The number of carbonyl (C=O) groups is 1. The average molecular weight is 420 g/mol. The molecule has 0 bridgehead atoms. The van der Waals surface area contributed by atoms with Gasteiger partial charge in [-0.3, -0.25) is 9.80 Å². The van der Waals surface area contributed by atoms with E-state index in [1.165, 1.54) is 17.5 Å². The fourth-order valence-electron chi connectivity index (χ4n) is 5.54. The lowest BCUT2D eigenvalue weighted by atomic mass is 9.68. The molecule has 3 heterocycles. The molecule has 2 saturated heterocycles. The maximum Gasteiger partial charge on any atom is 0.322 e. The summed E-state index contributed by atoms with van der Waals surface area (Å²) in [6, 6.07) is 13.0. The summed E-state index contributed by atoms with van der Waals surface area (Å²) in [6.45, 7) is 5.03. The summed E-state index contributed by atoms with van der Waals surface area (Å²) in [5.41, 5.74) is 3.45. The van der Waals surface area contributed by atoms with Crippen molar-refractivity contribution in [3.05, 3.63) is 53.7 Å². The van der Waals surface area contributed by atoms with E-state index in [0.717, 1.165) is 50.3 Å². The Balaban J connectivity index is 1.32. The van der Waals surface area contributed by atoms with E-state index in [2.05, 4.69) is 65.4 Å². The standard InChI is InChI=1S/C25H33N5O/c1-19-6-4-7-20(16-19)25(28(2)3)12-10-24(11-13-25)18-30(23(31)27-24)21-8-9-22(26-17-21)29-14-5-15-29/h4,6-9,16-17H,5,10-15,18H2,1-3H3,(H,27,31)/t24-,25+. The Labute approximate surface area is 185 Å². The second-order valence-electron chi connectivity index (χ2n) is 9.81. The van der Waals surface area contributed by atoms with Crippen LogP contribution in [-0.2, 0) is 5.54 Å². The van der Waals surface area contributed by atoms with Crippen LogP contribution in [0.25, 0.3) is 0 Å². The first kappa shape index (κ1) is 20.3. The Morgan fingerprint density at radius 3 is 2.42 bits per heavy atom. The van der Waals surface area contributed by atoms with E-state index in [-0.39, 0.29) is 17.1 Å². The second kappa shape index (κ2) is 7.52. The molecule has 1 spiro atoms. The SMILES string of the molecule is Cc1cccc([C@]2(N(C)C)CC[C@@]3(CC2)CN(c2ccc(N4CCC4)nc2)C(=O)N3)c1. The quantitative estimate of drug-likeness (QED) is 0.817. The maximum absolute atomic E-state index is 12.9. The van der Waals surface area contributed by atoms with E-state index in [4.69, 9.17) is 0 Å². The van der Waals surface area contributed by atoms with Crippen LogP contribution in [0.5, 0.6) is 0 Å². The zero-order valence-electron chi connectivity index (χ0n) is 18.9. The predicted molar refractivity (Wildman–Crippen MR) is 125 cm³/mol. The number of benzene rings is 1. The van der Waals surface area contributed by atoms with Crippen LogP contribution < -0.4 is 15.1 Å². The molecule has 2 aromatic rings. The Morgan fingerprint density at radius 1 is 1.06 bits per heavy atom. The molecule has 0 atom stereocenters. The Morgan fingerprint density at radius 2 is 1.84 bits per heavy atom. The van der Waals surface area contributed by atoms with Gasteiger partial charge in [-0.25, -0.2) is 9.78 Å². The van der Waals surface area contributed by atoms with Crippen LogP contribution in [0.1, 0.15) is 43.2 Å². The molecule has 6 nitrogen and oxygen atoms in total. The number of amides is 2. The molecule has 3 aliphatic rings. The lowest BCUT2D eigenvalue weighted by Gasteiger charge is -2.48. The first-order valence-corrected chi connectivity index (χ1v) is 11.5. The van der Waals surface area contributed by atoms with Crippen LogP contribution in [0.2, 0.25) is 0 Å². The molecule has 5 rings (SSSR count). The van der Waals surface area contributed by atoms with Crippen molar-refractivity contribution in [3.63, 3.8) is 0 Å². The maximum atomic E-state index is 12.9. The van der Waals surface area contributed by atoms with Crippen molar-refractivity contribution in [3.8, 4) is 0 Å². The highest BCUT2D eigenvalue weighted by Gasteiger charge is 2.50. The summed E-state index contributed by atoms with van der Waals surface area (Å²) >= 11 is 0. The van der Waals surface area contributed by atoms with Gasteiger partial charge in [0.25, 0.3) is 0 Å². The first-order chi connectivity index (χ1) is 14.9. The number of rotatable bonds is 4. The number of pyridine rings is 1. The molecule has 1 aliphatic carbocycles. The Bertz CT molecular complexity index is 958. The number of carbonyl (C=O) groups excluding carboxylic acids is 1. The van der Waals surface area contributed by atoms with Gasteiger partial charge in [-0.15, -0.1) is 0 Å². The highest BCUT2D eigenvalue weighted by Crippen LogP contribution is 2.46. The average Bonchev–Trinajstić information content (AvgIpc) is 3.04. The lowest BCUT2D eigenvalue weighted by Crippen LogP contribution is -2.54. The molecule has 31 heavy (non-hydrogen) atoms. The predicted octanol–water partition coefficient (Wildman–Crippen LogP) is 3.90. The van der Waals surface area contributed by atoms with Crippen molar-refractivity contribution >= 4 is 17.5 Å². The fraction of sp³-hybridized carbons (Fsp3) is 0.520. The second-order valence-corrected chi connectivity index (χ2v) is 9.81. The highest BCUT2D eigenvalue weighted by molar-refractivity contribution is 5.95.